The third kappa shape index (κ3) is 2.93. The monoisotopic (exact) mass is 303 g/mol. The normalized spacial score (nSPS) is 15.2. The van der Waals surface area contributed by atoms with E-state index in [0.717, 1.165) is 5.69 Å². The Labute approximate surface area is 128 Å². The van der Waals surface area contributed by atoms with Crippen molar-refractivity contribution in [1.29, 1.82) is 0 Å². The highest BCUT2D eigenvalue weighted by molar-refractivity contribution is 5.76. The molecule has 0 bridgehead atoms. The van der Waals surface area contributed by atoms with Crippen molar-refractivity contribution in [3.05, 3.63) is 42.0 Å². The van der Waals surface area contributed by atoms with Crippen LogP contribution in [0.15, 0.2) is 30.5 Å². The zero-order valence-electron chi connectivity index (χ0n) is 12.4. The number of aryl methyl sites for hydroxylation is 1. The summed E-state index contributed by atoms with van der Waals surface area (Å²) in [6.07, 6.45) is 1.63. The third-order valence-corrected chi connectivity index (χ3v) is 3.92. The highest BCUT2D eigenvalue weighted by Gasteiger charge is 2.23. The van der Waals surface area contributed by atoms with E-state index in [-0.39, 0.29) is 18.3 Å². The number of nitrogens with zero attached hydrogens (tertiary/aromatic N) is 5. The molecule has 2 aromatic rings. The minimum atomic E-state index is -0.222. The number of piperazine rings is 1. The van der Waals surface area contributed by atoms with Gasteiger partial charge in [0.1, 0.15) is 12.4 Å². The maximum Gasteiger partial charge on any atom is 0.244 e. The van der Waals surface area contributed by atoms with E-state index in [1.54, 1.807) is 27.9 Å². The van der Waals surface area contributed by atoms with Crippen LogP contribution in [0.1, 0.15) is 5.69 Å². The molecule has 1 aliphatic heterocycles. The molecule has 1 fully saturated rings. The number of anilines is 1. The van der Waals surface area contributed by atoms with E-state index >= 15 is 0 Å². The van der Waals surface area contributed by atoms with E-state index in [4.69, 9.17) is 0 Å². The second-order valence-electron chi connectivity index (χ2n) is 5.35. The van der Waals surface area contributed by atoms with Crippen molar-refractivity contribution in [3.63, 3.8) is 0 Å². The number of hydrogen-bond donors (Lipinski definition) is 0. The molecule has 0 saturated carbocycles. The zero-order chi connectivity index (χ0) is 15.5. The van der Waals surface area contributed by atoms with Gasteiger partial charge in [-0.1, -0.05) is 17.3 Å². The first-order valence-electron chi connectivity index (χ1n) is 7.27. The molecule has 1 aromatic carbocycles. The van der Waals surface area contributed by atoms with Crippen LogP contribution in [0.25, 0.3) is 0 Å². The second kappa shape index (κ2) is 6.13. The number of aromatic nitrogens is 3. The van der Waals surface area contributed by atoms with Crippen LogP contribution in [0.3, 0.4) is 0 Å². The summed E-state index contributed by atoms with van der Waals surface area (Å²) in [4.78, 5) is 16.0. The van der Waals surface area contributed by atoms with Gasteiger partial charge in [-0.3, -0.25) is 4.79 Å². The van der Waals surface area contributed by atoms with E-state index in [1.165, 1.54) is 6.07 Å². The summed E-state index contributed by atoms with van der Waals surface area (Å²) in [5.41, 5.74) is 1.46. The Balaban J connectivity index is 1.59. The maximum atomic E-state index is 13.8. The number of halogens is 1. The van der Waals surface area contributed by atoms with Crippen LogP contribution in [-0.4, -0.2) is 52.0 Å². The smallest absolute Gasteiger partial charge is 0.244 e. The van der Waals surface area contributed by atoms with Gasteiger partial charge in [0.05, 0.1) is 17.6 Å². The van der Waals surface area contributed by atoms with E-state index in [0.29, 0.717) is 31.9 Å². The molecule has 116 valence electrons. The van der Waals surface area contributed by atoms with Crippen molar-refractivity contribution >= 4 is 11.6 Å². The molecule has 7 heteroatoms. The molecule has 0 radical (unpaired) electrons. The van der Waals surface area contributed by atoms with Crippen LogP contribution in [0.5, 0.6) is 0 Å². The fourth-order valence-electron chi connectivity index (χ4n) is 2.60. The molecule has 6 nitrogen and oxygen atoms in total. The number of carbonyl (C=O) groups excluding carboxylic acids is 1. The second-order valence-corrected chi connectivity index (χ2v) is 5.35. The van der Waals surface area contributed by atoms with Crippen molar-refractivity contribution in [2.24, 2.45) is 0 Å². The van der Waals surface area contributed by atoms with Crippen LogP contribution in [0.4, 0.5) is 10.1 Å². The van der Waals surface area contributed by atoms with Gasteiger partial charge in [-0.15, -0.1) is 5.10 Å². The van der Waals surface area contributed by atoms with Gasteiger partial charge in [-0.05, 0) is 19.1 Å². The van der Waals surface area contributed by atoms with Crippen molar-refractivity contribution in [2.45, 2.75) is 13.5 Å². The first kappa shape index (κ1) is 14.5. The lowest BCUT2D eigenvalue weighted by Gasteiger charge is -2.36. The van der Waals surface area contributed by atoms with Crippen LogP contribution in [0, 0.1) is 12.7 Å². The Morgan fingerprint density at radius 2 is 1.95 bits per heavy atom. The minimum Gasteiger partial charge on any atom is -0.366 e. The summed E-state index contributed by atoms with van der Waals surface area (Å²) in [6.45, 7) is 4.49. The van der Waals surface area contributed by atoms with Gasteiger partial charge in [0.15, 0.2) is 0 Å². The lowest BCUT2D eigenvalue weighted by atomic mass is 10.2. The average Bonchev–Trinajstić information content (AvgIpc) is 2.93. The molecule has 3 rings (SSSR count). The Morgan fingerprint density at radius 3 is 2.59 bits per heavy atom. The van der Waals surface area contributed by atoms with Gasteiger partial charge >= 0.3 is 0 Å². The first-order valence-corrected chi connectivity index (χ1v) is 7.27. The summed E-state index contributed by atoms with van der Waals surface area (Å²) in [5.74, 6) is -0.206. The molecule has 0 N–H and O–H groups in total. The van der Waals surface area contributed by atoms with Gasteiger partial charge in [0.2, 0.25) is 5.91 Å². The minimum absolute atomic E-state index is 0.0155. The van der Waals surface area contributed by atoms with E-state index in [2.05, 4.69) is 10.3 Å². The van der Waals surface area contributed by atoms with Gasteiger partial charge in [0.25, 0.3) is 0 Å². The number of benzene rings is 1. The van der Waals surface area contributed by atoms with E-state index in [9.17, 15) is 9.18 Å². The molecule has 1 amide bonds. The zero-order valence-corrected chi connectivity index (χ0v) is 12.4. The molecule has 1 saturated heterocycles. The van der Waals surface area contributed by atoms with Gasteiger partial charge in [0, 0.05) is 26.2 Å². The Morgan fingerprint density at radius 1 is 1.23 bits per heavy atom. The molecule has 22 heavy (non-hydrogen) atoms. The van der Waals surface area contributed by atoms with Crippen LogP contribution >= 0.6 is 0 Å². The average molecular weight is 303 g/mol. The van der Waals surface area contributed by atoms with Gasteiger partial charge in [-0.25, -0.2) is 9.07 Å². The summed E-state index contributed by atoms with van der Waals surface area (Å²) in [7, 11) is 0. The molecule has 2 heterocycles. The number of amides is 1. The van der Waals surface area contributed by atoms with Crippen LogP contribution < -0.4 is 4.90 Å². The van der Waals surface area contributed by atoms with E-state index < -0.39 is 0 Å². The lowest BCUT2D eigenvalue weighted by molar-refractivity contribution is -0.132. The van der Waals surface area contributed by atoms with Crippen molar-refractivity contribution < 1.29 is 9.18 Å². The number of hydrogen-bond acceptors (Lipinski definition) is 4. The van der Waals surface area contributed by atoms with Gasteiger partial charge < -0.3 is 9.80 Å². The highest BCUT2D eigenvalue weighted by Crippen LogP contribution is 2.20. The van der Waals surface area contributed by atoms with Crippen LogP contribution in [-0.2, 0) is 11.3 Å². The highest BCUT2D eigenvalue weighted by atomic mass is 19.1. The lowest BCUT2D eigenvalue weighted by Crippen LogP contribution is -2.50. The van der Waals surface area contributed by atoms with Crippen molar-refractivity contribution in [1.82, 2.24) is 19.9 Å². The topological polar surface area (TPSA) is 54.3 Å². The Kier molecular flexibility index (Phi) is 4.04. The summed E-state index contributed by atoms with van der Waals surface area (Å²) in [5, 5.41) is 7.66. The Hall–Kier alpha value is -2.44. The predicted molar refractivity (Wildman–Crippen MR) is 80.0 cm³/mol. The SMILES string of the molecule is Cc1cnnn1CC(=O)N1CCN(c2ccccc2F)CC1. The predicted octanol–water partition coefficient (Wildman–Crippen LogP) is 1.07. The molecule has 0 atom stereocenters. The molecule has 1 aliphatic rings. The summed E-state index contributed by atoms with van der Waals surface area (Å²) in [6, 6.07) is 6.73. The van der Waals surface area contributed by atoms with Crippen molar-refractivity contribution in [2.75, 3.05) is 31.1 Å². The molecule has 0 spiro atoms. The van der Waals surface area contributed by atoms with Crippen LogP contribution in [0.2, 0.25) is 0 Å². The largest absolute Gasteiger partial charge is 0.366 e. The fraction of sp³-hybridized carbons (Fsp3) is 0.400. The van der Waals surface area contributed by atoms with Gasteiger partial charge in [-0.2, -0.15) is 0 Å². The molecular weight excluding hydrogens is 285 g/mol. The van der Waals surface area contributed by atoms with Crippen molar-refractivity contribution in [3.8, 4) is 0 Å². The standard InChI is InChI=1S/C15H18FN5O/c1-12-10-17-18-21(12)11-15(22)20-8-6-19(7-9-20)14-5-3-2-4-13(14)16/h2-5,10H,6-9,11H2,1H3. The van der Waals surface area contributed by atoms with E-state index in [1.807, 2.05) is 17.9 Å². The maximum absolute atomic E-state index is 13.8. The Bertz CT molecular complexity index is 663. The number of rotatable bonds is 3. The number of para-hydroxylation sites is 1. The molecular formula is C15H18FN5O. The number of carbonyl (C=O) groups is 1. The summed E-state index contributed by atoms with van der Waals surface area (Å²) >= 11 is 0. The molecule has 0 aliphatic carbocycles. The third-order valence-electron chi connectivity index (χ3n) is 3.92. The first-order chi connectivity index (χ1) is 10.6. The fourth-order valence-corrected chi connectivity index (χ4v) is 2.60. The quantitative estimate of drug-likeness (QED) is 0.851. The summed E-state index contributed by atoms with van der Waals surface area (Å²) < 4.78 is 15.4. The molecule has 1 aromatic heterocycles. The molecule has 0 unspecified atom stereocenters.